The number of fused-ring (bicyclic) bond motifs is 1. The summed E-state index contributed by atoms with van der Waals surface area (Å²) >= 11 is 0. The van der Waals surface area contributed by atoms with Crippen molar-refractivity contribution < 1.29 is 9.32 Å². The zero-order chi connectivity index (χ0) is 16.4. The van der Waals surface area contributed by atoms with Gasteiger partial charge in [-0.1, -0.05) is 23.4 Å². The molecule has 2 heterocycles. The van der Waals surface area contributed by atoms with E-state index in [9.17, 15) is 9.59 Å². The first-order valence-electron chi connectivity index (χ1n) is 7.16. The van der Waals surface area contributed by atoms with E-state index in [2.05, 4.69) is 10.3 Å². The fraction of sp³-hybridized carbons (Fsp3) is 0.250. The Balaban J connectivity index is 1.85. The van der Waals surface area contributed by atoms with Crippen LogP contribution in [-0.4, -0.2) is 32.8 Å². The molecule has 0 atom stereocenters. The maximum atomic E-state index is 12.5. The van der Waals surface area contributed by atoms with Crippen molar-refractivity contribution in [3.05, 3.63) is 58.3 Å². The lowest BCUT2D eigenvalue weighted by atomic mass is 10.1. The molecule has 1 aromatic carbocycles. The number of hydrogen-bond donors (Lipinski definition) is 0. The van der Waals surface area contributed by atoms with E-state index >= 15 is 0 Å². The lowest BCUT2D eigenvalue weighted by Gasteiger charge is -2.16. The molecule has 0 saturated carbocycles. The molecule has 0 saturated heterocycles. The first kappa shape index (κ1) is 15.0. The van der Waals surface area contributed by atoms with Gasteiger partial charge in [-0.15, -0.1) is 0 Å². The van der Waals surface area contributed by atoms with Crippen LogP contribution < -0.4 is 5.56 Å². The topological polar surface area (TPSA) is 81.2 Å². The zero-order valence-electron chi connectivity index (χ0n) is 12.9. The van der Waals surface area contributed by atoms with Crippen LogP contribution in [0.2, 0.25) is 0 Å². The molecule has 0 unspecified atom stereocenters. The normalized spacial score (nSPS) is 10.9. The van der Waals surface area contributed by atoms with Gasteiger partial charge in [0.25, 0.3) is 5.56 Å². The molecule has 0 radical (unpaired) electrons. The van der Waals surface area contributed by atoms with E-state index in [1.807, 2.05) is 19.1 Å². The summed E-state index contributed by atoms with van der Waals surface area (Å²) in [6, 6.07) is 8.93. The Morgan fingerprint density at radius 1 is 1.26 bits per heavy atom. The molecule has 7 nitrogen and oxygen atoms in total. The predicted molar refractivity (Wildman–Crippen MR) is 83.7 cm³/mol. The number of nitrogens with zero attached hydrogens (tertiary/aromatic N) is 4. The number of hydrogen-bond acceptors (Lipinski definition) is 5. The second-order valence-corrected chi connectivity index (χ2v) is 5.32. The molecule has 0 N–H and O–H groups in total. The molecule has 0 fully saturated rings. The highest BCUT2D eigenvalue weighted by molar-refractivity contribution is 5.83. The fourth-order valence-corrected chi connectivity index (χ4v) is 2.41. The fourth-order valence-electron chi connectivity index (χ4n) is 2.41. The Kier molecular flexibility index (Phi) is 3.92. The number of rotatable bonds is 4. The summed E-state index contributed by atoms with van der Waals surface area (Å²) in [5.74, 6) is 0.349. The standard InChI is InChI=1S/C16H16N4O3/c1-11-13-5-3-4-6-14(13)16(22)20(18-11)10-15(21)19(2)9-12-7-8-17-23-12/h3-8H,9-10H2,1-2H3. The third kappa shape index (κ3) is 2.98. The van der Waals surface area contributed by atoms with E-state index in [4.69, 9.17) is 4.52 Å². The number of likely N-dealkylation sites (N-methyl/N-ethyl adjacent to an activating group) is 1. The summed E-state index contributed by atoms with van der Waals surface area (Å²) in [4.78, 5) is 26.2. The van der Waals surface area contributed by atoms with Crippen LogP contribution in [0.5, 0.6) is 0 Å². The summed E-state index contributed by atoms with van der Waals surface area (Å²) in [5, 5.41) is 9.20. The minimum absolute atomic E-state index is 0.116. The molecule has 118 valence electrons. The lowest BCUT2D eigenvalue weighted by molar-refractivity contribution is -0.131. The quantitative estimate of drug-likeness (QED) is 0.726. The van der Waals surface area contributed by atoms with Crippen molar-refractivity contribution in [1.82, 2.24) is 19.8 Å². The van der Waals surface area contributed by atoms with Crippen LogP contribution >= 0.6 is 0 Å². The number of benzene rings is 1. The minimum Gasteiger partial charge on any atom is -0.360 e. The predicted octanol–water partition coefficient (Wildman–Crippen LogP) is 1.35. The van der Waals surface area contributed by atoms with Crippen molar-refractivity contribution in [3.63, 3.8) is 0 Å². The molecular formula is C16H16N4O3. The monoisotopic (exact) mass is 312 g/mol. The van der Waals surface area contributed by atoms with Crippen LogP contribution in [0, 0.1) is 6.92 Å². The number of amides is 1. The average molecular weight is 312 g/mol. The van der Waals surface area contributed by atoms with Crippen LogP contribution in [0.3, 0.4) is 0 Å². The molecule has 0 aliphatic carbocycles. The van der Waals surface area contributed by atoms with E-state index in [1.54, 1.807) is 25.2 Å². The smallest absolute Gasteiger partial charge is 0.275 e. The summed E-state index contributed by atoms with van der Waals surface area (Å²) in [6.45, 7) is 2.00. The van der Waals surface area contributed by atoms with Crippen LogP contribution in [0.4, 0.5) is 0 Å². The van der Waals surface area contributed by atoms with Crippen LogP contribution in [0.15, 0.2) is 45.8 Å². The highest BCUT2D eigenvalue weighted by atomic mass is 16.5. The highest BCUT2D eigenvalue weighted by Gasteiger charge is 2.15. The molecule has 3 aromatic rings. The molecule has 2 aromatic heterocycles. The van der Waals surface area contributed by atoms with Crippen LogP contribution in [0.25, 0.3) is 10.8 Å². The molecule has 1 amide bonds. The second-order valence-electron chi connectivity index (χ2n) is 5.32. The van der Waals surface area contributed by atoms with E-state index in [0.717, 1.165) is 5.39 Å². The van der Waals surface area contributed by atoms with Gasteiger partial charge in [0.15, 0.2) is 5.76 Å². The number of carbonyl (C=O) groups is 1. The van der Waals surface area contributed by atoms with E-state index in [0.29, 0.717) is 23.4 Å². The van der Waals surface area contributed by atoms with Gasteiger partial charge in [0.05, 0.1) is 23.8 Å². The van der Waals surface area contributed by atoms with Gasteiger partial charge in [0.2, 0.25) is 5.91 Å². The third-order valence-corrected chi connectivity index (χ3v) is 3.65. The largest absolute Gasteiger partial charge is 0.360 e. The van der Waals surface area contributed by atoms with Gasteiger partial charge in [-0.25, -0.2) is 4.68 Å². The van der Waals surface area contributed by atoms with Gasteiger partial charge in [-0.3, -0.25) is 9.59 Å². The van der Waals surface area contributed by atoms with Crippen molar-refractivity contribution >= 4 is 16.7 Å². The van der Waals surface area contributed by atoms with Gasteiger partial charge >= 0.3 is 0 Å². The number of aryl methyl sites for hydroxylation is 1. The molecule has 0 bridgehead atoms. The Bertz CT molecular complexity index is 899. The molecule has 0 aliphatic rings. The third-order valence-electron chi connectivity index (χ3n) is 3.65. The Hall–Kier alpha value is -2.96. The van der Waals surface area contributed by atoms with Crippen molar-refractivity contribution in [2.75, 3.05) is 7.05 Å². The van der Waals surface area contributed by atoms with Crippen molar-refractivity contribution in [2.24, 2.45) is 0 Å². The van der Waals surface area contributed by atoms with Crippen molar-refractivity contribution in [1.29, 1.82) is 0 Å². The lowest BCUT2D eigenvalue weighted by Crippen LogP contribution is -2.35. The SMILES string of the molecule is Cc1nn(CC(=O)N(C)Cc2ccno2)c(=O)c2ccccc12. The first-order chi connectivity index (χ1) is 11.1. The van der Waals surface area contributed by atoms with Gasteiger partial charge in [0.1, 0.15) is 6.54 Å². The van der Waals surface area contributed by atoms with Gasteiger partial charge < -0.3 is 9.42 Å². The van der Waals surface area contributed by atoms with Crippen LogP contribution in [-0.2, 0) is 17.9 Å². The summed E-state index contributed by atoms with van der Waals surface area (Å²) in [7, 11) is 1.64. The van der Waals surface area contributed by atoms with Gasteiger partial charge in [-0.05, 0) is 13.0 Å². The minimum atomic E-state index is -0.271. The molecular weight excluding hydrogens is 296 g/mol. The van der Waals surface area contributed by atoms with Gasteiger partial charge in [0, 0.05) is 18.5 Å². The molecule has 23 heavy (non-hydrogen) atoms. The molecule has 0 spiro atoms. The maximum Gasteiger partial charge on any atom is 0.275 e. The Morgan fingerprint density at radius 2 is 2.00 bits per heavy atom. The summed E-state index contributed by atoms with van der Waals surface area (Å²) < 4.78 is 6.18. The second kappa shape index (κ2) is 6.04. The Morgan fingerprint density at radius 3 is 2.70 bits per heavy atom. The van der Waals surface area contributed by atoms with Crippen LogP contribution in [0.1, 0.15) is 11.5 Å². The zero-order valence-corrected chi connectivity index (χ0v) is 12.9. The first-order valence-corrected chi connectivity index (χ1v) is 7.16. The van der Waals surface area contributed by atoms with Crippen molar-refractivity contribution in [2.45, 2.75) is 20.0 Å². The molecule has 0 aliphatic heterocycles. The average Bonchev–Trinajstić information content (AvgIpc) is 3.05. The number of carbonyl (C=O) groups excluding carboxylic acids is 1. The van der Waals surface area contributed by atoms with Gasteiger partial charge in [-0.2, -0.15) is 5.10 Å². The molecule has 7 heteroatoms. The van der Waals surface area contributed by atoms with Crippen molar-refractivity contribution in [3.8, 4) is 0 Å². The van der Waals surface area contributed by atoms with E-state index in [1.165, 1.54) is 15.8 Å². The highest BCUT2D eigenvalue weighted by Crippen LogP contribution is 2.11. The summed E-state index contributed by atoms with van der Waals surface area (Å²) in [5.41, 5.74) is 0.443. The summed E-state index contributed by atoms with van der Waals surface area (Å²) in [6.07, 6.45) is 1.52. The van der Waals surface area contributed by atoms with E-state index < -0.39 is 0 Å². The maximum absolute atomic E-state index is 12.5. The number of aromatic nitrogens is 3. The Labute approximate surface area is 132 Å². The van der Waals surface area contributed by atoms with E-state index in [-0.39, 0.29) is 18.0 Å². The molecule has 3 rings (SSSR count).